The number of imidazole rings is 1. The maximum absolute atomic E-state index is 12.6. The van der Waals surface area contributed by atoms with E-state index < -0.39 is 0 Å². The normalized spacial score (nSPS) is 15.0. The van der Waals surface area contributed by atoms with Crippen LogP contribution in [0.5, 0.6) is 5.75 Å². The second-order valence-corrected chi connectivity index (χ2v) is 7.15. The quantitative estimate of drug-likeness (QED) is 0.730. The molecule has 1 saturated heterocycles. The van der Waals surface area contributed by atoms with Crippen LogP contribution < -0.4 is 15.7 Å². The lowest BCUT2D eigenvalue weighted by molar-refractivity contribution is 0.184. The number of methoxy groups -OCH3 is 1. The number of carbonyl (C=O) groups excluding carboxylic acids is 1. The molecule has 0 unspecified atom stereocenters. The predicted octanol–water partition coefficient (Wildman–Crippen LogP) is 3.52. The standard InChI is InChI=1S/C21H24N4O3/c1-14-7-8-15(13-19(14)28-2)22-20(26)24-11-9-16(10-12-24)25-18-6-4-3-5-17(18)23-21(25)27/h3-8,13,16H,9-12H2,1-2H3,(H,22,26)(H,23,27). The molecule has 1 fully saturated rings. The summed E-state index contributed by atoms with van der Waals surface area (Å²) in [6.07, 6.45) is 1.48. The number of aryl methyl sites for hydroxylation is 1. The number of aromatic amines is 1. The third-order valence-corrected chi connectivity index (χ3v) is 5.40. The first-order valence-electron chi connectivity index (χ1n) is 9.46. The molecule has 2 aromatic carbocycles. The summed E-state index contributed by atoms with van der Waals surface area (Å²) in [5.74, 6) is 0.746. The smallest absolute Gasteiger partial charge is 0.326 e. The fraction of sp³-hybridized carbons (Fsp3) is 0.333. The molecule has 28 heavy (non-hydrogen) atoms. The van der Waals surface area contributed by atoms with Gasteiger partial charge in [-0.05, 0) is 43.5 Å². The molecule has 4 rings (SSSR count). The molecule has 1 aromatic heterocycles. The van der Waals surface area contributed by atoms with Gasteiger partial charge in [0, 0.05) is 30.9 Å². The Morgan fingerprint density at radius 3 is 2.68 bits per heavy atom. The van der Waals surface area contributed by atoms with Crippen LogP contribution in [0.1, 0.15) is 24.4 Å². The number of hydrogen-bond donors (Lipinski definition) is 2. The number of fused-ring (bicyclic) bond motifs is 1. The summed E-state index contributed by atoms with van der Waals surface area (Å²) in [6, 6.07) is 13.3. The van der Waals surface area contributed by atoms with Gasteiger partial charge in [0.2, 0.25) is 0 Å². The number of aromatic nitrogens is 2. The molecule has 1 aliphatic heterocycles. The van der Waals surface area contributed by atoms with Crippen LogP contribution in [0.15, 0.2) is 47.3 Å². The van der Waals surface area contributed by atoms with Gasteiger partial charge in [-0.15, -0.1) is 0 Å². The van der Waals surface area contributed by atoms with Gasteiger partial charge in [-0.25, -0.2) is 9.59 Å². The number of nitrogens with one attached hydrogen (secondary N) is 2. The van der Waals surface area contributed by atoms with Crippen LogP contribution in [0, 0.1) is 6.92 Å². The van der Waals surface area contributed by atoms with Crippen molar-refractivity contribution in [3.05, 3.63) is 58.5 Å². The highest BCUT2D eigenvalue weighted by atomic mass is 16.5. The number of hydrogen-bond acceptors (Lipinski definition) is 3. The summed E-state index contributed by atoms with van der Waals surface area (Å²) >= 11 is 0. The van der Waals surface area contributed by atoms with Gasteiger partial charge in [0.1, 0.15) is 5.75 Å². The van der Waals surface area contributed by atoms with Crippen LogP contribution in [-0.2, 0) is 0 Å². The fourth-order valence-electron chi connectivity index (χ4n) is 3.86. The number of ether oxygens (including phenoxy) is 1. The van der Waals surface area contributed by atoms with Gasteiger partial charge < -0.3 is 19.9 Å². The molecule has 2 heterocycles. The van der Waals surface area contributed by atoms with E-state index in [0.29, 0.717) is 18.8 Å². The second-order valence-electron chi connectivity index (χ2n) is 7.15. The van der Waals surface area contributed by atoms with Crippen molar-refractivity contribution in [2.45, 2.75) is 25.8 Å². The SMILES string of the molecule is COc1cc(NC(=O)N2CCC(n3c(=O)[nH]c4ccccc43)CC2)ccc1C. The molecule has 0 spiro atoms. The number of urea groups is 1. The highest BCUT2D eigenvalue weighted by molar-refractivity contribution is 5.89. The number of para-hydroxylation sites is 2. The van der Waals surface area contributed by atoms with E-state index in [1.807, 2.05) is 54.0 Å². The zero-order valence-electron chi connectivity index (χ0n) is 16.1. The molecular formula is C21H24N4O3. The molecule has 7 heteroatoms. The van der Waals surface area contributed by atoms with Crippen LogP contribution in [-0.4, -0.2) is 40.7 Å². The third kappa shape index (κ3) is 3.35. The van der Waals surface area contributed by atoms with Crippen molar-refractivity contribution in [1.82, 2.24) is 14.5 Å². The van der Waals surface area contributed by atoms with E-state index in [0.717, 1.165) is 35.2 Å². The van der Waals surface area contributed by atoms with Crippen LogP contribution in [0.3, 0.4) is 0 Å². The van der Waals surface area contributed by atoms with Crippen LogP contribution in [0.25, 0.3) is 11.0 Å². The number of H-pyrrole nitrogens is 1. The third-order valence-electron chi connectivity index (χ3n) is 5.40. The van der Waals surface area contributed by atoms with E-state index in [4.69, 9.17) is 4.74 Å². The molecule has 2 amide bonds. The van der Waals surface area contributed by atoms with Gasteiger partial charge in [-0.2, -0.15) is 0 Å². The number of rotatable bonds is 3. The van der Waals surface area contributed by atoms with E-state index in [1.165, 1.54) is 0 Å². The van der Waals surface area contributed by atoms with E-state index >= 15 is 0 Å². The molecular weight excluding hydrogens is 356 g/mol. The lowest BCUT2D eigenvalue weighted by Crippen LogP contribution is -2.42. The predicted molar refractivity (Wildman–Crippen MR) is 109 cm³/mol. The number of carbonyl (C=O) groups is 1. The van der Waals surface area contributed by atoms with Gasteiger partial charge in [0.05, 0.1) is 18.1 Å². The minimum absolute atomic E-state index is 0.0872. The average Bonchev–Trinajstić information content (AvgIpc) is 3.05. The molecule has 2 N–H and O–H groups in total. The molecule has 1 aliphatic rings. The minimum atomic E-state index is -0.129. The molecule has 146 valence electrons. The summed E-state index contributed by atoms with van der Waals surface area (Å²) in [5.41, 5.74) is 3.41. The maximum atomic E-state index is 12.6. The topological polar surface area (TPSA) is 79.4 Å². The molecule has 0 aliphatic carbocycles. The Labute approximate surface area is 162 Å². The highest BCUT2D eigenvalue weighted by Crippen LogP contribution is 2.26. The molecule has 0 atom stereocenters. The van der Waals surface area contributed by atoms with Crippen LogP contribution in [0.4, 0.5) is 10.5 Å². The van der Waals surface area contributed by atoms with Gasteiger partial charge >= 0.3 is 11.7 Å². The number of nitrogens with zero attached hydrogens (tertiary/aromatic N) is 2. The summed E-state index contributed by atoms with van der Waals surface area (Å²) in [7, 11) is 1.62. The van der Waals surface area contributed by atoms with Crippen LogP contribution >= 0.6 is 0 Å². The first-order valence-corrected chi connectivity index (χ1v) is 9.46. The first kappa shape index (κ1) is 18.2. The molecule has 0 saturated carbocycles. The molecule has 0 bridgehead atoms. The molecule has 0 radical (unpaired) electrons. The summed E-state index contributed by atoms with van der Waals surface area (Å²) in [5, 5.41) is 2.94. The van der Waals surface area contributed by atoms with Gasteiger partial charge in [0.25, 0.3) is 0 Å². The minimum Gasteiger partial charge on any atom is -0.496 e. The zero-order valence-corrected chi connectivity index (χ0v) is 16.1. The van der Waals surface area contributed by atoms with Crippen molar-refractivity contribution < 1.29 is 9.53 Å². The highest BCUT2D eigenvalue weighted by Gasteiger charge is 2.26. The summed E-state index contributed by atoms with van der Waals surface area (Å²) < 4.78 is 7.14. The van der Waals surface area contributed by atoms with E-state index in [-0.39, 0.29) is 17.8 Å². The van der Waals surface area contributed by atoms with Gasteiger partial charge in [0.15, 0.2) is 0 Å². The molecule has 3 aromatic rings. The number of piperidine rings is 1. The Morgan fingerprint density at radius 2 is 1.93 bits per heavy atom. The Kier molecular flexibility index (Phi) is 4.81. The Morgan fingerprint density at radius 1 is 1.18 bits per heavy atom. The largest absolute Gasteiger partial charge is 0.496 e. The van der Waals surface area contributed by atoms with E-state index in [9.17, 15) is 9.59 Å². The van der Waals surface area contributed by atoms with Crippen molar-refractivity contribution in [3.63, 3.8) is 0 Å². The monoisotopic (exact) mass is 380 g/mol. The van der Waals surface area contributed by atoms with E-state index in [2.05, 4.69) is 10.3 Å². The fourth-order valence-corrected chi connectivity index (χ4v) is 3.86. The summed E-state index contributed by atoms with van der Waals surface area (Å²) in [4.78, 5) is 29.7. The Bertz CT molecular complexity index is 1060. The molecule has 7 nitrogen and oxygen atoms in total. The lowest BCUT2D eigenvalue weighted by atomic mass is 10.0. The Balaban J connectivity index is 1.43. The van der Waals surface area contributed by atoms with E-state index in [1.54, 1.807) is 12.0 Å². The number of amides is 2. The first-order chi connectivity index (χ1) is 13.6. The number of anilines is 1. The average molecular weight is 380 g/mol. The van der Waals surface area contributed by atoms with Crippen molar-refractivity contribution >= 4 is 22.8 Å². The number of likely N-dealkylation sites (tertiary alicyclic amines) is 1. The number of benzene rings is 2. The van der Waals surface area contributed by atoms with Gasteiger partial charge in [-0.3, -0.25) is 4.57 Å². The van der Waals surface area contributed by atoms with Crippen molar-refractivity contribution in [1.29, 1.82) is 0 Å². The zero-order chi connectivity index (χ0) is 19.7. The Hall–Kier alpha value is -3.22. The van der Waals surface area contributed by atoms with Crippen molar-refractivity contribution in [3.8, 4) is 5.75 Å². The lowest BCUT2D eigenvalue weighted by Gasteiger charge is -2.32. The van der Waals surface area contributed by atoms with Crippen molar-refractivity contribution in [2.75, 3.05) is 25.5 Å². The van der Waals surface area contributed by atoms with Gasteiger partial charge in [-0.1, -0.05) is 18.2 Å². The maximum Gasteiger partial charge on any atom is 0.326 e. The second kappa shape index (κ2) is 7.42. The van der Waals surface area contributed by atoms with Crippen molar-refractivity contribution in [2.24, 2.45) is 0 Å². The van der Waals surface area contributed by atoms with Crippen LogP contribution in [0.2, 0.25) is 0 Å². The summed E-state index contributed by atoms with van der Waals surface area (Å²) in [6.45, 7) is 3.17.